The Hall–Kier alpha value is -4.34. The van der Waals surface area contributed by atoms with Crippen molar-refractivity contribution in [2.45, 2.75) is 39.3 Å². The first-order chi connectivity index (χ1) is 16.7. The van der Waals surface area contributed by atoms with Gasteiger partial charge in [-0.15, -0.1) is 5.10 Å². The van der Waals surface area contributed by atoms with Crippen LogP contribution in [-0.2, 0) is 33.8 Å². The molecule has 5 N–H and O–H groups in total. The third-order valence-electron chi connectivity index (χ3n) is 4.83. The van der Waals surface area contributed by atoms with Crippen LogP contribution in [0.3, 0.4) is 0 Å². The monoisotopic (exact) mass is 490 g/mol. The van der Waals surface area contributed by atoms with Gasteiger partial charge in [-0.1, -0.05) is 12.1 Å². The highest BCUT2D eigenvalue weighted by molar-refractivity contribution is 5.95. The Labute approximate surface area is 197 Å². The third-order valence-corrected chi connectivity index (χ3v) is 4.83. The molecule has 0 fully saturated rings. The number of rotatable bonds is 12. The minimum absolute atomic E-state index is 0.0310. The van der Waals surface area contributed by atoms with E-state index in [2.05, 4.69) is 25.2 Å². The predicted molar refractivity (Wildman–Crippen MR) is 121 cm³/mol. The number of aromatic nitrogens is 7. The van der Waals surface area contributed by atoms with Gasteiger partial charge in [-0.05, 0) is 6.42 Å². The Morgan fingerprint density at radius 1 is 1.29 bits per heavy atom. The smallest absolute Gasteiger partial charge is 0.330 e. The van der Waals surface area contributed by atoms with Gasteiger partial charge < -0.3 is 25.6 Å². The van der Waals surface area contributed by atoms with Crippen LogP contribution in [0.4, 0.5) is 11.5 Å². The quantitative estimate of drug-likeness (QED) is 0.258. The Balaban J connectivity index is 1.78. The van der Waals surface area contributed by atoms with Gasteiger partial charge in [0.05, 0.1) is 6.61 Å². The molecule has 0 aliphatic rings. The Morgan fingerprint density at radius 2 is 2.06 bits per heavy atom. The van der Waals surface area contributed by atoms with Crippen LogP contribution in [-0.4, -0.2) is 66.5 Å². The fraction of sp³-hybridized carbons (Fsp3) is 0.474. The summed E-state index contributed by atoms with van der Waals surface area (Å²) in [6.45, 7) is 2.12. The third kappa shape index (κ3) is 5.97. The number of aromatic amines is 1. The van der Waals surface area contributed by atoms with E-state index >= 15 is 0 Å². The highest BCUT2D eigenvalue weighted by Gasteiger charge is 2.24. The molecule has 2 amide bonds. The van der Waals surface area contributed by atoms with Crippen molar-refractivity contribution in [1.29, 1.82) is 0 Å². The second-order valence-corrected chi connectivity index (χ2v) is 7.43. The standard InChI is InChI=1S/C19H26N10O6/c1-3-6-29-15(21)14(18(32)24-19(29)33)28(7-8-34-2)13(31)5-4-12-23-17(26-35-12)16-22-10-27(25-16)9-11(20)30/h10H,3-9,21H2,1-2H3,(H2,20,30)(H,24,32,33). The summed E-state index contributed by atoms with van der Waals surface area (Å²) >= 11 is 0. The maximum atomic E-state index is 13.1. The number of carbonyl (C=O) groups excluding carboxylic acids is 2. The van der Waals surface area contributed by atoms with E-state index in [1.54, 1.807) is 0 Å². The summed E-state index contributed by atoms with van der Waals surface area (Å²) in [6, 6.07) is 0. The molecular formula is C19H26N10O6. The molecule has 0 bridgehead atoms. The van der Waals surface area contributed by atoms with E-state index in [1.165, 1.54) is 27.6 Å². The fourth-order valence-electron chi connectivity index (χ4n) is 3.26. The van der Waals surface area contributed by atoms with E-state index in [4.69, 9.17) is 20.7 Å². The molecule has 3 heterocycles. The van der Waals surface area contributed by atoms with Crippen LogP contribution in [0.5, 0.6) is 0 Å². The van der Waals surface area contributed by atoms with Gasteiger partial charge >= 0.3 is 5.69 Å². The lowest BCUT2D eigenvalue weighted by molar-refractivity contribution is -0.119. The number of nitrogen functional groups attached to an aromatic ring is 1. The highest BCUT2D eigenvalue weighted by Crippen LogP contribution is 2.19. The minimum atomic E-state index is -0.776. The Bertz CT molecular complexity index is 1310. The summed E-state index contributed by atoms with van der Waals surface area (Å²) in [7, 11) is 1.45. The molecule has 188 valence electrons. The molecule has 16 heteroatoms. The van der Waals surface area contributed by atoms with Crippen molar-refractivity contribution in [3.8, 4) is 11.6 Å². The number of H-pyrrole nitrogens is 1. The molecule has 16 nitrogen and oxygen atoms in total. The summed E-state index contributed by atoms with van der Waals surface area (Å²) in [5.41, 5.74) is 9.68. The molecule has 35 heavy (non-hydrogen) atoms. The number of nitrogens with zero attached hydrogens (tertiary/aromatic N) is 7. The number of primary amides is 1. The number of hydrogen-bond acceptors (Lipinski definition) is 11. The van der Waals surface area contributed by atoms with Crippen molar-refractivity contribution in [2.75, 3.05) is 30.9 Å². The van der Waals surface area contributed by atoms with Crippen LogP contribution in [0, 0.1) is 0 Å². The number of aryl methyl sites for hydroxylation is 1. The molecule has 3 aromatic heterocycles. The molecule has 0 unspecified atom stereocenters. The summed E-state index contributed by atoms with van der Waals surface area (Å²) < 4.78 is 12.7. The number of amides is 2. The maximum Gasteiger partial charge on any atom is 0.330 e. The lowest BCUT2D eigenvalue weighted by Crippen LogP contribution is -2.42. The Morgan fingerprint density at radius 3 is 2.74 bits per heavy atom. The summed E-state index contributed by atoms with van der Waals surface area (Å²) in [5.74, 6) is -0.848. The van der Waals surface area contributed by atoms with Crippen LogP contribution in [0.1, 0.15) is 25.7 Å². The van der Waals surface area contributed by atoms with Crippen LogP contribution in [0.15, 0.2) is 20.4 Å². The molecule has 0 spiro atoms. The number of hydrogen-bond donors (Lipinski definition) is 3. The molecule has 0 atom stereocenters. The van der Waals surface area contributed by atoms with Crippen LogP contribution in [0.2, 0.25) is 0 Å². The summed E-state index contributed by atoms with van der Waals surface area (Å²) in [6.07, 6.45) is 1.83. The lowest BCUT2D eigenvalue weighted by Gasteiger charge is -2.24. The van der Waals surface area contributed by atoms with Crippen molar-refractivity contribution in [3.05, 3.63) is 33.1 Å². The second kappa shape index (κ2) is 11.2. The van der Waals surface area contributed by atoms with Crippen molar-refractivity contribution >= 4 is 23.3 Å². The average Bonchev–Trinajstić information content (AvgIpc) is 3.46. The topological polar surface area (TPSA) is 223 Å². The number of nitrogens with one attached hydrogen (secondary N) is 1. The first-order valence-corrected chi connectivity index (χ1v) is 10.7. The molecule has 0 saturated carbocycles. The second-order valence-electron chi connectivity index (χ2n) is 7.43. The maximum absolute atomic E-state index is 13.1. The van der Waals surface area contributed by atoms with Crippen LogP contribution >= 0.6 is 0 Å². The number of ether oxygens (including phenoxy) is 1. The van der Waals surface area contributed by atoms with Gasteiger partial charge in [0.15, 0.2) is 5.69 Å². The molecule has 3 aromatic rings. The van der Waals surface area contributed by atoms with E-state index in [0.29, 0.717) is 6.42 Å². The average molecular weight is 490 g/mol. The first kappa shape index (κ1) is 25.3. The minimum Gasteiger partial charge on any atom is -0.383 e. The first-order valence-electron chi connectivity index (χ1n) is 10.7. The molecule has 0 aliphatic carbocycles. The lowest BCUT2D eigenvalue weighted by atomic mass is 10.2. The number of anilines is 2. The van der Waals surface area contributed by atoms with Gasteiger partial charge in [0.25, 0.3) is 5.56 Å². The summed E-state index contributed by atoms with van der Waals surface area (Å²) in [4.78, 5) is 60.3. The predicted octanol–water partition coefficient (Wildman–Crippen LogP) is -1.73. The zero-order valence-corrected chi connectivity index (χ0v) is 19.3. The fourth-order valence-corrected chi connectivity index (χ4v) is 3.26. The van der Waals surface area contributed by atoms with E-state index in [9.17, 15) is 19.2 Å². The zero-order chi connectivity index (χ0) is 25.5. The van der Waals surface area contributed by atoms with E-state index in [1.807, 2.05) is 6.92 Å². The molecule has 3 rings (SSSR count). The van der Waals surface area contributed by atoms with Gasteiger partial charge in [0.2, 0.25) is 29.4 Å². The van der Waals surface area contributed by atoms with Gasteiger partial charge in [-0.2, -0.15) is 4.98 Å². The van der Waals surface area contributed by atoms with Gasteiger partial charge in [-0.25, -0.2) is 14.5 Å². The SMILES string of the molecule is CCCn1c(N)c(N(CCOC)C(=O)CCc2nc(-c3ncn(CC(N)=O)n3)no2)c(=O)[nH]c1=O. The number of carbonyl (C=O) groups is 2. The van der Waals surface area contributed by atoms with Crippen molar-refractivity contribution < 1.29 is 18.8 Å². The highest BCUT2D eigenvalue weighted by atomic mass is 16.5. The van der Waals surface area contributed by atoms with Gasteiger partial charge in [-0.3, -0.25) is 23.9 Å². The summed E-state index contributed by atoms with van der Waals surface area (Å²) in [5, 5.41) is 7.81. The van der Waals surface area contributed by atoms with Gasteiger partial charge in [0, 0.05) is 33.0 Å². The molecule has 0 aromatic carbocycles. The van der Waals surface area contributed by atoms with E-state index in [0.717, 1.165) is 0 Å². The number of methoxy groups -OCH3 is 1. The van der Waals surface area contributed by atoms with Crippen molar-refractivity contribution in [3.63, 3.8) is 0 Å². The van der Waals surface area contributed by atoms with E-state index < -0.39 is 23.1 Å². The van der Waals surface area contributed by atoms with Crippen molar-refractivity contribution in [1.82, 2.24) is 34.5 Å². The normalized spacial score (nSPS) is 11.0. The number of nitrogens with two attached hydrogens (primary N) is 2. The zero-order valence-electron chi connectivity index (χ0n) is 19.3. The van der Waals surface area contributed by atoms with Crippen molar-refractivity contribution in [2.24, 2.45) is 5.73 Å². The molecule has 0 saturated heterocycles. The molecule has 0 radical (unpaired) electrons. The van der Waals surface area contributed by atoms with E-state index in [-0.39, 0.29) is 68.1 Å². The van der Waals surface area contributed by atoms with Crippen LogP contribution < -0.4 is 27.6 Å². The molecule has 0 aliphatic heterocycles. The Kier molecular flexibility index (Phi) is 8.08. The van der Waals surface area contributed by atoms with Gasteiger partial charge in [0.1, 0.15) is 18.7 Å². The van der Waals surface area contributed by atoms with Crippen LogP contribution in [0.25, 0.3) is 11.6 Å². The molecular weight excluding hydrogens is 464 g/mol. The largest absolute Gasteiger partial charge is 0.383 e.